The lowest BCUT2D eigenvalue weighted by atomic mass is 10.2. The van der Waals surface area contributed by atoms with E-state index in [9.17, 15) is 22.8 Å². The molecule has 0 spiro atoms. The molecule has 8 heteroatoms. The Hall–Kier alpha value is -2.35. The van der Waals surface area contributed by atoms with Crippen LogP contribution in [0.15, 0.2) is 40.9 Å². The fourth-order valence-electron chi connectivity index (χ4n) is 1.75. The van der Waals surface area contributed by atoms with Gasteiger partial charge in [-0.05, 0) is 37.3 Å². The fourth-order valence-corrected chi connectivity index (χ4v) is 2.15. The largest absolute Gasteiger partial charge is 0.449 e. The summed E-state index contributed by atoms with van der Waals surface area (Å²) in [4.78, 5) is 23.8. The summed E-state index contributed by atoms with van der Waals surface area (Å²) in [7, 11) is 0. The maximum atomic E-state index is 13.5. The standard InChI is InChI=1S/C16H11BrF3NO3/c1-8(24-16(23)9-3-2-4-10(17)7-9)15(22)21-12-6-5-11(18)13(19)14(12)20/h2-8H,1H3,(H,21,22)/t8-/m1/s1. The molecule has 0 aliphatic rings. The molecule has 1 atom stereocenters. The molecule has 0 saturated carbocycles. The quantitative estimate of drug-likeness (QED) is 0.620. The van der Waals surface area contributed by atoms with Gasteiger partial charge in [0.05, 0.1) is 11.3 Å². The molecule has 1 amide bonds. The summed E-state index contributed by atoms with van der Waals surface area (Å²) in [6, 6.07) is 7.86. The van der Waals surface area contributed by atoms with E-state index in [1.165, 1.54) is 19.1 Å². The molecule has 0 saturated heterocycles. The van der Waals surface area contributed by atoms with Gasteiger partial charge in [-0.2, -0.15) is 0 Å². The van der Waals surface area contributed by atoms with Crippen molar-refractivity contribution >= 4 is 33.5 Å². The van der Waals surface area contributed by atoms with Crippen molar-refractivity contribution in [2.45, 2.75) is 13.0 Å². The Balaban J connectivity index is 2.05. The van der Waals surface area contributed by atoms with E-state index in [1.807, 2.05) is 5.32 Å². The summed E-state index contributed by atoms with van der Waals surface area (Å²) < 4.78 is 45.1. The highest BCUT2D eigenvalue weighted by molar-refractivity contribution is 9.10. The first-order valence-corrected chi connectivity index (χ1v) is 7.50. The third-order valence-electron chi connectivity index (χ3n) is 3.01. The first-order chi connectivity index (χ1) is 11.3. The van der Waals surface area contributed by atoms with E-state index in [0.717, 1.165) is 6.07 Å². The minimum absolute atomic E-state index is 0.211. The topological polar surface area (TPSA) is 55.4 Å². The normalized spacial score (nSPS) is 11.7. The molecule has 0 aliphatic carbocycles. The molecule has 0 bridgehead atoms. The van der Waals surface area contributed by atoms with Crippen LogP contribution >= 0.6 is 15.9 Å². The summed E-state index contributed by atoms with van der Waals surface area (Å²) in [5.41, 5.74) is -0.340. The lowest BCUT2D eigenvalue weighted by molar-refractivity contribution is -0.123. The van der Waals surface area contributed by atoms with Crippen molar-refractivity contribution in [2.24, 2.45) is 0 Å². The number of anilines is 1. The summed E-state index contributed by atoms with van der Waals surface area (Å²) in [5.74, 6) is -6.26. The van der Waals surface area contributed by atoms with Crippen LogP contribution in [0.3, 0.4) is 0 Å². The van der Waals surface area contributed by atoms with E-state index in [2.05, 4.69) is 15.9 Å². The molecule has 2 aromatic rings. The SMILES string of the molecule is C[C@@H](OC(=O)c1cccc(Br)c1)C(=O)Nc1ccc(F)c(F)c1F. The summed E-state index contributed by atoms with van der Waals surface area (Å²) in [5, 5.41) is 2.04. The second kappa shape index (κ2) is 7.48. The van der Waals surface area contributed by atoms with Crippen molar-refractivity contribution < 1.29 is 27.5 Å². The van der Waals surface area contributed by atoms with Crippen LogP contribution in [0.1, 0.15) is 17.3 Å². The predicted octanol–water partition coefficient (Wildman–Crippen LogP) is 4.05. The predicted molar refractivity (Wildman–Crippen MR) is 84.0 cm³/mol. The molecule has 0 aromatic heterocycles. The van der Waals surface area contributed by atoms with Gasteiger partial charge in [0.25, 0.3) is 5.91 Å². The van der Waals surface area contributed by atoms with E-state index in [0.29, 0.717) is 10.5 Å². The monoisotopic (exact) mass is 401 g/mol. The van der Waals surface area contributed by atoms with Crippen LogP contribution in [-0.2, 0) is 9.53 Å². The smallest absolute Gasteiger partial charge is 0.338 e. The average molecular weight is 402 g/mol. The van der Waals surface area contributed by atoms with E-state index >= 15 is 0 Å². The molecular weight excluding hydrogens is 391 g/mol. The second-order valence-corrected chi connectivity index (χ2v) is 5.69. The van der Waals surface area contributed by atoms with Crippen LogP contribution in [0.4, 0.5) is 18.9 Å². The van der Waals surface area contributed by atoms with Crippen LogP contribution in [0.5, 0.6) is 0 Å². The van der Waals surface area contributed by atoms with Crippen LogP contribution in [0.25, 0.3) is 0 Å². The van der Waals surface area contributed by atoms with Crippen molar-refractivity contribution in [3.63, 3.8) is 0 Å². The number of esters is 1. The number of ether oxygens (including phenoxy) is 1. The lowest BCUT2D eigenvalue weighted by Crippen LogP contribution is -2.30. The highest BCUT2D eigenvalue weighted by atomic mass is 79.9. The molecule has 0 aliphatic heterocycles. The number of carbonyl (C=O) groups is 2. The Morgan fingerprint density at radius 3 is 2.50 bits per heavy atom. The number of hydrogen-bond donors (Lipinski definition) is 1. The molecule has 0 heterocycles. The highest BCUT2D eigenvalue weighted by Crippen LogP contribution is 2.20. The number of halogens is 4. The van der Waals surface area contributed by atoms with Gasteiger partial charge in [0.15, 0.2) is 23.6 Å². The van der Waals surface area contributed by atoms with E-state index < -0.39 is 41.1 Å². The molecule has 1 N–H and O–H groups in total. The zero-order chi connectivity index (χ0) is 17.9. The number of hydrogen-bond acceptors (Lipinski definition) is 3. The van der Waals surface area contributed by atoms with Gasteiger partial charge in [0, 0.05) is 4.47 Å². The molecule has 126 valence electrons. The first-order valence-electron chi connectivity index (χ1n) is 6.70. The van der Waals surface area contributed by atoms with Gasteiger partial charge in [-0.25, -0.2) is 18.0 Å². The number of nitrogens with one attached hydrogen (secondary N) is 1. The summed E-state index contributed by atoms with van der Waals surface area (Å²) >= 11 is 3.20. The van der Waals surface area contributed by atoms with Gasteiger partial charge >= 0.3 is 5.97 Å². The summed E-state index contributed by atoms with van der Waals surface area (Å²) in [6.45, 7) is 1.27. The Labute approximate surface area is 143 Å². The summed E-state index contributed by atoms with van der Waals surface area (Å²) in [6.07, 6.45) is -1.27. The number of amides is 1. The van der Waals surface area contributed by atoms with Crippen molar-refractivity contribution in [3.8, 4) is 0 Å². The maximum absolute atomic E-state index is 13.5. The molecule has 0 radical (unpaired) electrons. The second-order valence-electron chi connectivity index (χ2n) is 4.77. The Kier molecular flexibility index (Phi) is 5.61. The van der Waals surface area contributed by atoms with Gasteiger partial charge in [0.1, 0.15) is 0 Å². The fraction of sp³-hybridized carbons (Fsp3) is 0.125. The lowest BCUT2D eigenvalue weighted by Gasteiger charge is -2.14. The Morgan fingerprint density at radius 1 is 1.12 bits per heavy atom. The van der Waals surface area contributed by atoms with Crippen molar-refractivity contribution in [1.82, 2.24) is 0 Å². The highest BCUT2D eigenvalue weighted by Gasteiger charge is 2.22. The van der Waals surface area contributed by atoms with E-state index in [-0.39, 0.29) is 5.56 Å². The van der Waals surface area contributed by atoms with Crippen LogP contribution in [0, 0.1) is 17.5 Å². The van der Waals surface area contributed by atoms with E-state index in [4.69, 9.17) is 4.74 Å². The Morgan fingerprint density at radius 2 is 1.83 bits per heavy atom. The minimum Gasteiger partial charge on any atom is -0.449 e. The van der Waals surface area contributed by atoms with Crippen molar-refractivity contribution in [2.75, 3.05) is 5.32 Å². The number of benzene rings is 2. The van der Waals surface area contributed by atoms with Crippen LogP contribution in [-0.4, -0.2) is 18.0 Å². The molecule has 2 aromatic carbocycles. The number of rotatable bonds is 4. The Bertz CT molecular complexity index is 798. The van der Waals surface area contributed by atoms with Gasteiger partial charge < -0.3 is 10.1 Å². The molecule has 0 unspecified atom stereocenters. The zero-order valence-electron chi connectivity index (χ0n) is 12.3. The number of carbonyl (C=O) groups excluding carboxylic acids is 2. The van der Waals surface area contributed by atoms with Gasteiger partial charge in [-0.15, -0.1) is 0 Å². The molecule has 0 fully saturated rings. The van der Waals surface area contributed by atoms with Gasteiger partial charge in [0.2, 0.25) is 0 Å². The molecule has 24 heavy (non-hydrogen) atoms. The third-order valence-corrected chi connectivity index (χ3v) is 3.50. The minimum atomic E-state index is -1.70. The average Bonchev–Trinajstić information content (AvgIpc) is 2.55. The molecule has 4 nitrogen and oxygen atoms in total. The van der Waals surface area contributed by atoms with Gasteiger partial charge in [-0.1, -0.05) is 22.0 Å². The maximum Gasteiger partial charge on any atom is 0.338 e. The van der Waals surface area contributed by atoms with Crippen LogP contribution < -0.4 is 5.32 Å². The zero-order valence-corrected chi connectivity index (χ0v) is 13.9. The molecule has 2 rings (SSSR count). The third kappa shape index (κ3) is 4.14. The molecular formula is C16H11BrF3NO3. The van der Waals surface area contributed by atoms with Gasteiger partial charge in [-0.3, -0.25) is 4.79 Å². The van der Waals surface area contributed by atoms with Crippen molar-refractivity contribution in [3.05, 3.63) is 63.9 Å². The van der Waals surface area contributed by atoms with Crippen molar-refractivity contribution in [1.29, 1.82) is 0 Å². The van der Waals surface area contributed by atoms with Crippen LogP contribution in [0.2, 0.25) is 0 Å². The van der Waals surface area contributed by atoms with E-state index in [1.54, 1.807) is 12.1 Å². The first kappa shape index (κ1) is 18.0.